The molecule has 1 aromatic rings. The molecule has 0 spiro atoms. The molecule has 0 aromatic heterocycles. The minimum absolute atomic E-state index is 0.0984. The van der Waals surface area contributed by atoms with Crippen molar-refractivity contribution in [3.8, 4) is 0 Å². The number of hydrogen-bond donors (Lipinski definition) is 1. The first-order valence-electron chi connectivity index (χ1n) is 4.90. The molecule has 2 rings (SSSR count). The maximum Gasteiger partial charge on any atom is 0.224 e. The van der Waals surface area contributed by atoms with Crippen LogP contribution in [-0.2, 0) is 4.79 Å². The van der Waals surface area contributed by atoms with Gasteiger partial charge in [-0.1, -0.05) is 15.9 Å². The summed E-state index contributed by atoms with van der Waals surface area (Å²) in [6.45, 7) is 0. The Morgan fingerprint density at radius 2 is 2.27 bits per heavy atom. The van der Waals surface area contributed by atoms with Crippen molar-refractivity contribution >= 4 is 27.5 Å². The number of nitrogens with one attached hydrogen (secondary N) is 1. The van der Waals surface area contributed by atoms with E-state index in [0.717, 1.165) is 12.8 Å². The van der Waals surface area contributed by atoms with E-state index in [9.17, 15) is 9.18 Å². The van der Waals surface area contributed by atoms with Gasteiger partial charge in [-0.05, 0) is 37.0 Å². The molecule has 80 valence electrons. The van der Waals surface area contributed by atoms with E-state index in [1.807, 2.05) is 0 Å². The Hall–Kier alpha value is -0.900. The fourth-order valence-corrected chi connectivity index (χ4v) is 1.71. The van der Waals surface area contributed by atoms with Crippen LogP contribution in [0.5, 0.6) is 0 Å². The van der Waals surface area contributed by atoms with Crippen LogP contribution in [0.2, 0.25) is 0 Å². The Kier molecular flexibility index (Phi) is 3.05. The SMILES string of the molecule is O=C(CC1CC1)Nc1ccc(Br)cc1F. The summed E-state index contributed by atoms with van der Waals surface area (Å²) in [6, 6.07) is 4.60. The molecule has 1 aromatic carbocycles. The molecule has 1 aliphatic rings. The van der Waals surface area contributed by atoms with E-state index in [0.29, 0.717) is 16.8 Å². The third-order valence-corrected chi connectivity index (χ3v) is 2.87. The number of rotatable bonds is 3. The van der Waals surface area contributed by atoms with Crippen LogP contribution >= 0.6 is 15.9 Å². The van der Waals surface area contributed by atoms with Gasteiger partial charge in [0.1, 0.15) is 5.82 Å². The molecule has 1 saturated carbocycles. The lowest BCUT2D eigenvalue weighted by molar-refractivity contribution is -0.116. The second-order valence-electron chi connectivity index (χ2n) is 3.82. The lowest BCUT2D eigenvalue weighted by Gasteiger charge is -2.05. The van der Waals surface area contributed by atoms with Crippen molar-refractivity contribution in [1.29, 1.82) is 0 Å². The average molecular weight is 272 g/mol. The zero-order valence-electron chi connectivity index (χ0n) is 8.09. The van der Waals surface area contributed by atoms with Crippen molar-refractivity contribution in [3.05, 3.63) is 28.5 Å². The zero-order chi connectivity index (χ0) is 10.8. The quantitative estimate of drug-likeness (QED) is 0.898. The molecule has 1 aliphatic carbocycles. The van der Waals surface area contributed by atoms with Gasteiger partial charge >= 0.3 is 0 Å². The number of carbonyl (C=O) groups excluding carboxylic acids is 1. The van der Waals surface area contributed by atoms with Crippen molar-refractivity contribution < 1.29 is 9.18 Å². The van der Waals surface area contributed by atoms with Crippen LogP contribution in [0.4, 0.5) is 10.1 Å². The summed E-state index contributed by atoms with van der Waals surface area (Å²) >= 11 is 3.16. The topological polar surface area (TPSA) is 29.1 Å². The zero-order valence-corrected chi connectivity index (χ0v) is 9.68. The third-order valence-electron chi connectivity index (χ3n) is 2.38. The summed E-state index contributed by atoms with van der Waals surface area (Å²) in [4.78, 5) is 11.4. The molecule has 0 unspecified atom stereocenters. The molecule has 1 fully saturated rings. The molecule has 1 amide bonds. The molecule has 2 nitrogen and oxygen atoms in total. The molecule has 0 saturated heterocycles. The highest BCUT2D eigenvalue weighted by atomic mass is 79.9. The molecule has 0 bridgehead atoms. The molecular formula is C11H11BrFNO. The molecule has 0 radical (unpaired) electrons. The van der Waals surface area contributed by atoms with Crippen LogP contribution in [0.25, 0.3) is 0 Å². The van der Waals surface area contributed by atoms with Gasteiger partial charge in [-0.15, -0.1) is 0 Å². The van der Waals surface area contributed by atoms with Gasteiger partial charge in [-0.25, -0.2) is 4.39 Å². The average Bonchev–Trinajstić information content (AvgIpc) is 2.94. The van der Waals surface area contributed by atoms with Crippen molar-refractivity contribution in [3.63, 3.8) is 0 Å². The molecule has 0 atom stereocenters. The molecule has 15 heavy (non-hydrogen) atoms. The molecule has 1 N–H and O–H groups in total. The monoisotopic (exact) mass is 271 g/mol. The number of carbonyl (C=O) groups is 1. The lowest BCUT2D eigenvalue weighted by atomic mass is 10.2. The second-order valence-corrected chi connectivity index (χ2v) is 4.74. The number of anilines is 1. The molecule has 0 heterocycles. The Morgan fingerprint density at radius 3 is 2.87 bits per heavy atom. The highest BCUT2D eigenvalue weighted by molar-refractivity contribution is 9.10. The Balaban J connectivity index is 1.99. The Morgan fingerprint density at radius 1 is 1.53 bits per heavy atom. The van der Waals surface area contributed by atoms with Gasteiger partial charge < -0.3 is 5.32 Å². The van der Waals surface area contributed by atoms with Gasteiger partial charge in [0, 0.05) is 10.9 Å². The van der Waals surface area contributed by atoms with E-state index in [1.54, 1.807) is 12.1 Å². The first kappa shape index (κ1) is 10.6. The summed E-state index contributed by atoms with van der Waals surface area (Å²) in [6.07, 6.45) is 2.75. The maximum absolute atomic E-state index is 13.3. The second kappa shape index (κ2) is 4.31. The molecule has 0 aliphatic heterocycles. The van der Waals surface area contributed by atoms with Gasteiger partial charge in [-0.2, -0.15) is 0 Å². The van der Waals surface area contributed by atoms with E-state index in [2.05, 4.69) is 21.2 Å². The van der Waals surface area contributed by atoms with Gasteiger partial charge in [-0.3, -0.25) is 4.79 Å². The van der Waals surface area contributed by atoms with E-state index >= 15 is 0 Å². The van der Waals surface area contributed by atoms with Crippen molar-refractivity contribution in [2.75, 3.05) is 5.32 Å². The lowest BCUT2D eigenvalue weighted by Crippen LogP contribution is -2.12. The molecule has 4 heteroatoms. The van der Waals surface area contributed by atoms with Crippen LogP contribution in [0.1, 0.15) is 19.3 Å². The van der Waals surface area contributed by atoms with E-state index < -0.39 is 5.82 Å². The predicted octanol–water partition coefficient (Wildman–Crippen LogP) is 3.33. The fourth-order valence-electron chi connectivity index (χ4n) is 1.38. The van der Waals surface area contributed by atoms with Crippen molar-refractivity contribution in [1.82, 2.24) is 0 Å². The van der Waals surface area contributed by atoms with Crippen LogP contribution in [-0.4, -0.2) is 5.91 Å². The number of halogens is 2. The summed E-state index contributed by atoms with van der Waals surface area (Å²) in [7, 11) is 0. The van der Waals surface area contributed by atoms with Crippen LogP contribution in [0.3, 0.4) is 0 Å². The fraction of sp³-hybridized carbons (Fsp3) is 0.364. The van der Waals surface area contributed by atoms with Gasteiger partial charge in [0.2, 0.25) is 5.91 Å². The summed E-state index contributed by atoms with van der Waals surface area (Å²) in [5.74, 6) is 0.00996. The van der Waals surface area contributed by atoms with Crippen LogP contribution in [0, 0.1) is 11.7 Å². The maximum atomic E-state index is 13.3. The first-order chi connectivity index (χ1) is 7.15. The van der Waals surface area contributed by atoms with Gasteiger partial charge in [0.15, 0.2) is 0 Å². The minimum atomic E-state index is -0.409. The third kappa shape index (κ3) is 3.02. The highest BCUT2D eigenvalue weighted by Gasteiger charge is 2.24. The van der Waals surface area contributed by atoms with Gasteiger partial charge in [0.05, 0.1) is 5.69 Å². The van der Waals surface area contributed by atoms with E-state index in [4.69, 9.17) is 0 Å². The predicted molar refractivity (Wildman–Crippen MR) is 60.1 cm³/mol. The summed E-state index contributed by atoms with van der Waals surface area (Å²) < 4.78 is 14.0. The smallest absolute Gasteiger partial charge is 0.224 e. The first-order valence-corrected chi connectivity index (χ1v) is 5.69. The van der Waals surface area contributed by atoms with E-state index in [1.165, 1.54) is 6.07 Å². The Bertz CT molecular complexity index is 390. The van der Waals surface area contributed by atoms with Crippen molar-refractivity contribution in [2.24, 2.45) is 5.92 Å². The Labute approximate surface area is 96.0 Å². The number of amides is 1. The minimum Gasteiger partial charge on any atom is -0.324 e. The number of benzene rings is 1. The van der Waals surface area contributed by atoms with Crippen LogP contribution < -0.4 is 5.32 Å². The normalized spacial score (nSPS) is 15.1. The van der Waals surface area contributed by atoms with Gasteiger partial charge in [0.25, 0.3) is 0 Å². The highest BCUT2D eigenvalue weighted by Crippen LogP contribution is 2.32. The van der Waals surface area contributed by atoms with Crippen LogP contribution in [0.15, 0.2) is 22.7 Å². The largest absolute Gasteiger partial charge is 0.324 e. The van der Waals surface area contributed by atoms with E-state index in [-0.39, 0.29) is 11.6 Å². The molecular weight excluding hydrogens is 261 g/mol. The summed E-state index contributed by atoms with van der Waals surface area (Å²) in [5.41, 5.74) is 0.254. The summed E-state index contributed by atoms with van der Waals surface area (Å²) in [5, 5.41) is 2.57. The van der Waals surface area contributed by atoms with Crippen molar-refractivity contribution in [2.45, 2.75) is 19.3 Å². The number of hydrogen-bond acceptors (Lipinski definition) is 1. The standard InChI is InChI=1S/C11H11BrFNO/c12-8-3-4-10(9(13)6-8)14-11(15)5-7-1-2-7/h3-4,6-7H,1-2,5H2,(H,14,15).